The molecule has 0 aliphatic carbocycles. The summed E-state index contributed by atoms with van der Waals surface area (Å²) < 4.78 is 0. The van der Waals surface area contributed by atoms with E-state index in [0.29, 0.717) is 18.1 Å². The molecule has 0 spiro atoms. The van der Waals surface area contributed by atoms with Gasteiger partial charge in [0.2, 0.25) is 0 Å². The van der Waals surface area contributed by atoms with Crippen LogP contribution in [-0.4, -0.2) is 17.7 Å². The van der Waals surface area contributed by atoms with E-state index in [1.54, 1.807) is 0 Å². The van der Waals surface area contributed by atoms with E-state index in [9.17, 15) is 4.79 Å². The highest BCUT2D eigenvalue weighted by Crippen LogP contribution is 2.30. The van der Waals surface area contributed by atoms with Gasteiger partial charge in [0.05, 0.1) is 5.69 Å². The number of hydrogen-bond donors (Lipinski definition) is 1. The molecule has 3 nitrogen and oxygen atoms in total. The van der Waals surface area contributed by atoms with Crippen molar-refractivity contribution in [2.45, 2.75) is 46.1 Å². The zero-order valence-corrected chi connectivity index (χ0v) is 11.4. The molecule has 0 fully saturated rings. The lowest BCUT2D eigenvalue weighted by atomic mass is 10.00. The van der Waals surface area contributed by atoms with Crippen LogP contribution in [0.2, 0.25) is 0 Å². The highest BCUT2D eigenvalue weighted by Gasteiger charge is 2.21. The van der Waals surface area contributed by atoms with Gasteiger partial charge >= 0.3 is 0 Å². The van der Waals surface area contributed by atoms with E-state index in [1.165, 1.54) is 5.56 Å². The minimum absolute atomic E-state index is 0.0488. The zero-order chi connectivity index (χ0) is 13.3. The van der Waals surface area contributed by atoms with Gasteiger partial charge in [0, 0.05) is 12.5 Å². The number of nitrogens with one attached hydrogen (secondary N) is 1. The first-order valence-corrected chi connectivity index (χ1v) is 6.48. The van der Waals surface area contributed by atoms with E-state index < -0.39 is 0 Å². The maximum absolute atomic E-state index is 11.9. The van der Waals surface area contributed by atoms with Crippen molar-refractivity contribution >= 4 is 17.3 Å². The van der Waals surface area contributed by atoms with Crippen LogP contribution in [0, 0.1) is 0 Å². The standard InChI is InChI=1S/C15H20N2O/c1-9(2)11-5-6-12-8-14(17-13(12)7-11)15(18)16-10(3)4/h5-7,9-10H,8H2,1-4H3,(H,16,18). The van der Waals surface area contributed by atoms with Crippen LogP contribution in [0.4, 0.5) is 5.69 Å². The van der Waals surface area contributed by atoms with E-state index in [0.717, 1.165) is 11.3 Å². The molecule has 0 bridgehead atoms. The summed E-state index contributed by atoms with van der Waals surface area (Å²) >= 11 is 0. The Balaban J connectivity index is 2.21. The summed E-state index contributed by atoms with van der Waals surface area (Å²) in [5.74, 6) is 0.436. The molecule has 1 N–H and O–H groups in total. The molecule has 1 aromatic carbocycles. The van der Waals surface area contributed by atoms with Crippen LogP contribution >= 0.6 is 0 Å². The van der Waals surface area contributed by atoms with Gasteiger partial charge in [-0.2, -0.15) is 0 Å². The Labute approximate surface area is 108 Å². The molecule has 0 atom stereocenters. The Morgan fingerprint density at radius 3 is 2.61 bits per heavy atom. The number of rotatable bonds is 3. The van der Waals surface area contributed by atoms with Crippen LogP contribution in [0.15, 0.2) is 23.2 Å². The average molecular weight is 244 g/mol. The number of benzene rings is 1. The van der Waals surface area contributed by atoms with E-state index >= 15 is 0 Å². The van der Waals surface area contributed by atoms with Gasteiger partial charge in [-0.1, -0.05) is 26.0 Å². The second-order valence-electron chi connectivity index (χ2n) is 5.41. The highest BCUT2D eigenvalue weighted by atomic mass is 16.1. The number of hydrogen-bond acceptors (Lipinski definition) is 2. The molecule has 0 aromatic heterocycles. The molecule has 0 saturated heterocycles. The summed E-state index contributed by atoms with van der Waals surface area (Å²) in [6, 6.07) is 6.46. The van der Waals surface area contributed by atoms with Gasteiger partial charge in [-0.15, -0.1) is 0 Å². The third-order valence-electron chi connectivity index (χ3n) is 3.07. The van der Waals surface area contributed by atoms with Crippen LogP contribution in [0.1, 0.15) is 44.7 Å². The van der Waals surface area contributed by atoms with Crippen LogP contribution in [0.5, 0.6) is 0 Å². The first-order chi connectivity index (χ1) is 8.47. The predicted octanol–water partition coefficient (Wildman–Crippen LogP) is 2.96. The van der Waals surface area contributed by atoms with Gasteiger partial charge in [0.15, 0.2) is 0 Å². The van der Waals surface area contributed by atoms with Gasteiger partial charge < -0.3 is 5.32 Å². The average Bonchev–Trinajstić information content (AvgIpc) is 2.70. The molecular formula is C15H20N2O. The van der Waals surface area contributed by atoms with Crippen LogP contribution in [0.3, 0.4) is 0 Å². The van der Waals surface area contributed by atoms with Crippen LogP contribution in [0.25, 0.3) is 0 Å². The number of nitrogens with zero attached hydrogens (tertiary/aromatic N) is 1. The smallest absolute Gasteiger partial charge is 0.266 e. The molecule has 1 amide bonds. The minimum atomic E-state index is -0.0488. The molecule has 0 unspecified atom stereocenters. The summed E-state index contributed by atoms with van der Waals surface area (Å²) in [5.41, 5.74) is 3.99. The normalized spacial score (nSPS) is 13.8. The molecule has 96 valence electrons. The minimum Gasteiger partial charge on any atom is -0.349 e. The molecule has 3 heteroatoms. The van der Waals surface area contributed by atoms with Crippen LogP contribution in [-0.2, 0) is 11.2 Å². The van der Waals surface area contributed by atoms with Gasteiger partial charge in [-0.05, 0) is 37.0 Å². The third kappa shape index (κ3) is 2.61. The Kier molecular flexibility index (Phi) is 3.50. The fourth-order valence-corrected chi connectivity index (χ4v) is 2.04. The first kappa shape index (κ1) is 12.8. The lowest BCUT2D eigenvalue weighted by Gasteiger charge is -2.07. The van der Waals surface area contributed by atoms with Crippen molar-refractivity contribution in [3.05, 3.63) is 29.3 Å². The molecule has 1 aliphatic rings. The van der Waals surface area contributed by atoms with E-state index in [-0.39, 0.29) is 11.9 Å². The summed E-state index contributed by atoms with van der Waals surface area (Å²) in [4.78, 5) is 16.4. The highest BCUT2D eigenvalue weighted by molar-refractivity contribution is 6.41. The Morgan fingerprint density at radius 1 is 1.28 bits per heavy atom. The molecule has 0 saturated carbocycles. The van der Waals surface area contributed by atoms with Crippen LogP contribution < -0.4 is 5.32 Å². The third-order valence-corrected chi connectivity index (χ3v) is 3.07. The molecular weight excluding hydrogens is 224 g/mol. The fraction of sp³-hybridized carbons (Fsp3) is 0.467. The van der Waals surface area contributed by atoms with Crippen molar-refractivity contribution in [2.24, 2.45) is 4.99 Å². The molecule has 2 rings (SSSR count). The number of carbonyl (C=O) groups is 1. The summed E-state index contributed by atoms with van der Waals surface area (Å²) in [5, 5.41) is 2.89. The van der Waals surface area contributed by atoms with Gasteiger partial charge in [0.1, 0.15) is 5.71 Å². The van der Waals surface area contributed by atoms with E-state index in [2.05, 4.69) is 42.4 Å². The van der Waals surface area contributed by atoms with Crippen molar-refractivity contribution in [3.8, 4) is 0 Å². The fourth-order valence-electron chi connectivity index (χ4n) is 2.04. The SMILES string of the molecule is CC(C)NC(=O)C1=Nc2cc(C(C)C)ccc2C1. The number of carbonyl (C=O) groups excluding carboxylic acids is 1. The quantitative estimate of drug-likeness (QED) is 0.872. The van der Waals surface area contributed by atoms with Crippen molar-refractivity contribution < 1.29 is 4.79 Å². The summed E-state index contributed by atoms with van der Waals surface area (Å²) in [7, 11) is 0. The predicted molar refractivity (Wildman–Crippen MR) is 74.6 cm³/mol. The van der Waals surface area contributed by atoms with Crippen molar-refractivity contribution in [3.63, 3.8) is 0 Å². The largest absolute Gasteiger partial charge is 0.349 e. The molecule has 18 heavy (non-hydrogen) atoms. The summed E-state index contributed by atoms with van der Waals surface area (Å²) in [6.07, 6.45) is 0.645. The van der Waals surface area contributed by atoms with Crippen molar-refractivity contribution in [1.82, 2.24) is 5.32 Å². The Hall–Kier alpha value is -1.64. The first-order valence-electron chi connectivity index (χ1n) is 6.48. The van der Waals surface area contributed by atoms with Crippen molar-refractivity contribution in [1.29, 1.82) is 0 Å². The second-order valence-corrected chi connectivity index (χ2v) is 5.41. The summed E-state index contributed by atoms with van der Waals surface area (Å²) in [6.45, 7) is 8.23. The maximum Gasteiger partial charge on any atom is 0.266 e. The molecule has 1 aromatic rings. The number of amides is 1. The topological polar surface area (TPSA) is 41.5 Å². The zero-order valence-electron chi connectivity index (χ0n) is 11.4. The van der Waals surface area contributed by atoms with Gasteiger partial charge in [-0.3, -0.25) is 4.79 Å². The van der Waals surface area contributed by atoms with E-state index in [1.807, 2.05) is 13.8 Å². The lowest BCUT2D eigenvalue weighted by molar-refractivity contribution is -0.115. The van der Waals surface area contributed by atoms with E-state index in [4.69, 9.17) is 0 Å². The Morgan fingerprint density at radius 2 is 2.00 bits per heavy atom. The monoisotopic (exact) mass is 244 g/mol. The van der Waals surface area contributed by atoms with Crippen molar-refractivity contribution in [2.75, 3.05) is 0 Å². The lowest BCUT2D eigenvalue weighted by Crippen LogP contribution is -2.36. The van der Waals surface area contributed by atoms with Gasteiger partial charge in [-0.25, -0.2) is 4.99 Å². The molecule has 1 heterocycles. The molecule has 1 aliphatic heterocycles. The maximum atomic E-state index is 11.9. The second kappa shape index (κ2) is 4.92. The molecule has 0 radical (unpaired) electrons. The number of aliphatic imine (C=N–C) groups is 1. The van der Waals surface area contributed by atoms with Gasteiger partial charge in [0.25, 0.3) is 5.91 Å². The number of fused-ring (bicyclic) bond motifs is 1. The Bertz CT molecular complexity index is 501.